The number of aromatic nitrogens is 1. The number of hydrogen-bond donors (Lipinski definition) is 6. The van der Waals surface area contributed by atoms with E-state index in [9.17, 15) is 33.9 Å². The van der Waals surface area contributed by atoms with E-state index in [1.54, 1.807) is 20.0 Å². The van der Waals surface area contributed by atoms with Gasteiger partial charge in [0.25, 0.3) is 0 Å². The van der Waals surface area contributed by atoms with Crippen LogP contribution >= 0.6 is 0 Å². The predicted molar refractivity (Wildman–Crippen MR) is 147 cm³/mol. The van der Waals surface area contributed by atoms with Gasteiger partial charge in [-0.15, -0.1) is 0 Å². The quantitative estimate of drug-likeness (QED) is 0.288. The molecule has 0 radical (unpaired) electrons. The molecule has 0 saturated carbocycles. The van der Waals surface area contributed by atoms with Crippen LogP contribution in [-0.4, -0.2) is 87.2 Å². The Morgan fingerprint density at radius 2 is 1.63 bits per heavy atom. The van der Waals surface area contributed by atoms with Crippen LogP contribution < -0.4 is 21.3 Å². The first-order chi connectivity index (χ1) is 19.5. The Labute approximate surface area is 236 Å². The summed E-state index contributed by atoms with van der Waals surface area (Å²) < 4.78 is 0. The molecule has 41 heavy (non-hydrogen) atoms. The molecule has 4 rings (SSSR count). The predicted octanol–water partition coefficient (Wildman–Crippen LogP) is -0.195. The van der Waals surface area contributed by atoms with Gasteiger partial charge in [-0.25, -0.2) is 0 Å². The van der Waals surface area contributed by atoms with Crippen molar-refractivity contribution in [1.82, 2.24) is 31.2 Å². The summed E-state index contributed by atoms with van der Waals surface area (Å²) in [5.41, 5.74) is 1.55. The number of rotatable bonds is 5. The van der Waals surface area contributed by atoms with Crippen molar-refractivity contribution < 1.29 is 33.9 Å². The number of carbonyl (C=O) groups excluding carboxylic acids is 5. The van der Waals surface area contributed by atoms with E-state index in [4.69, 9.17) is 0 Å². The van der Waals surface area contributed by atoms with Crippen LogP contribution in [0.5, 0.6) is 0 Å². The standard InChI is InChI=1S/C28H36N6O7/c1-14(2)23-28(41)34-10-6-9-21(34)27(40)32-19(11-16-13-29-18-8-5-4-7-17(16)18)26(39)31-20(12-22(35)36)25(38)30-15(3)24(37)33-23/h4-5,7-8,13-15,19-21,23,29H,6,9-12H2,1-3H3,(H,30,38)(H,31,39)(H,32,40)(H,33,37)(H,35,36)/t15-,19+,20+,21-,23+/m1/s1. The van der Waals surface area contributed by atoms with Crippen LogP contribution in [0.2, 0.25) is 0 Å². The fraction of sp³-hybridized carbons (Fsp3) is 0.500. The van der Waals surface area contributed by atoms with Gasteiger partial charge in [-0.05, 0) is 37.3 Å². The number of aromatic amines is 1. The van der Waals surface area contributed by atoms with Crippen molar-refractivity contribution in [3.05, 3.63) is 36.0 Å². The molecule has 220 valence electrons. The van der Waals surface area contributed by atoms with Gasteiger partial charge in [-0.2, -0.15) is 0 Å². The molecule has 13 nitrogen and oxygen atoms in total. The SMILES string of the molecule is CC(C)[C@@H]1NC(=O)[C@@H](C)NC(=O)[C@H](CC(=O)O)NC(=O)[C@H](Cc2c[nH]c3ccccc23)NC(=O)[C@H]2CCCN2C1=O. The molecule has 1 aromatic carbocycles. The minimum atomic E-state index is -1.52. The zero-order valence-corrected chi connectivity index (χ0v) is 23.2. The van der Waals surface area contributed by atoms with E-state index in [0.29, 0.717) is 19.4 Å². The maximum absolute atomic E-state index is 13.6. The Kier molecular flexibility index (Phi) is 8.94. The highest BCUT2D eigenvalue weighted by molar-refractivity contribution is 5.99. The third-order valence-corrected chi connectivity index (χ3v) is 7.56. The monoisotopic (exact) mass is 568 g/mol. The van der Waals surface area contributed by atoms with E-state index in [0.717, 1.165) is 16.5 Å². The third-order valence-electron chi connectivity index (χ3n) is 7.56. The Balaban J connectivity index is 1.72. The van der Waals surface area contributed by atoms with Gasteiger partial charge in [-0.3, -0.25) is 28.8 Å². The van der Waals surface area contributed by atoms with Gasteiger partial charge in [0.2, 0.25) is 29.5 Å². The van der Waals surface area contributed by atoms with Gasteiger partial charge in [0.1, 0.15) is 30.2 Å². The summed E-state index contributed by atoms with van der Waals surface area (Å²) in [5, 5.41) is 20.6. The number of H-pyrrole nitrogens is 1. The van der Waals surface area contributed by atoms with Gasteiger partial charge in [-0.1, -0.05) is 32.0 Å². The van der Waals surface area contributed by atoms with Gasteiger partial charge in [0.05, 0.1) is 6.42 Å². The Hall–Kier alpha value is -4.42. The lowest BCUT2D eigenvalue weighted by molar-refractivity contribution is -0.143. The number of carbonyl (C=O) groups is 6. The van der Waals surface area contributed by atoms with Crippen molar-refractivity contribution in [3.8, 4) is 0 Å². The summed E-state index contributed by atoms with van der Waals surface area (Å²) >= 11 is 0. The minimum absolute atomic E-state index is 0.0364. The van der Waals surface area contributed by atoms with Gasteiger partial charge >= 0.3 is 5.97 Å². The van der Waals surface area contributed by atoms with E-state index >= 15 is 0 Å². The second-order valence-electron chi connectivity index (χ2n) is 10.9. The number of nitrogens with zero attached hydrogens (tertiary/aromatic N) is 1. The molecule has 13 heteroatoms. The van der Waals surface area contributed by atoms with E-state index in [2.05, 4.69) is 26.3 Å². The molecule has 0 unspecified atom stereocenters. The van der Waals surface area contributed by atoms with Crippen LogP contribution in [0.3, 0.4) is 0 Å². The van der Waals surface area contributed by atoms with E-state index < -0.39 is 72.1 Å². The van der Waals surface area contributed by atoms with E-state index in [1.807, 2.05) is 24.3 Å². The topological polar surface area (TPSA) is 190 Å². The minimum Gasteiger partial charge on any atom is -0.481 e. The first-order valence-electron chi connectivity index (χ1n) is 13.7. The highest BCUT2D eigenvalue weighted by Gasteiger charge is 2.41. The summed E-state index contributed by atoms with van der Waals surface area (Å²) in [6.45, 7) is 5.22. The number of carboxylic acid groups (broad SMARTS) is 1. The molecule has 2 aromatic rings. The molecule has 0 spiro atoms. The lowest BCUT2D eigenvalue weighted by Crippen LogP contribution is -2.58. The van der Waals surface area contributed by atoms with Gasteiger partial charge < -0.3 is 36.3 Å². The highest BCUT2D eigenvalue weighted by atomic mass is 16.4. The summed E-state index contributed by atoms with van der Waals surface area (Å²) in [7, 11) is 0. The second kappa shape index (κ2) is 12.4. The van der Waals surface area contributed by atoms with Crippen LogP contribution in [0.15, 0.2) is 30.5 Å². The van der Waals surface area contributed by atoms with Crippen molar-refractivity contribution in [3.63, 3.8) is 0 Å². The average Bonchev–Trinajstić information content (AvgIpc) is 3.57. The van der Waals surface area contributed by atoms with Crippen molar-refractivity contribution >= 4 is 46.4 Å². The zero-order valence-electron chi connectivity index (χ0n) is 23.2. The van der Waals surface area contributed by atoms with Crippen molar-refractivity contribution in [2.45, 2.75) is 76.7 Å². The summed E-state index contributed by atoms with van der Waals surface area (Å²) in [4.78, 5) is 82.9. The molecule has 2 aliphatic heterocycles. The largest absolute Gasteiger partial charge is 0.481 e. The fourth-order valence-electron chi connectivity index (χ4n) is 5.31. The number of carboxylic acids is 1. The van der Waals surface area contributed by atoms with Crippen LogP contribution in [0.4, 0.5) is 0 Å². The molecule has 2 saturated heterocycles. The lowest BCUT2D eigenvalue weighted by Gasteiger charge is -2.31. The number of hydrogen-bond acceptors (Lipinski definition) is 6. The summed E-state index contributed by atoms with van der Waals surface area (Å²) in [6.07, 6.45) is 1.95. The van der Waals surface area contributed by atoms with Crippen LogP contribution in [0, 0.1) is 5.92 Å². The molecular formula is C28H36N6O7. The van der Waals surface area contributed by atoms with Crippen molar-refractivity contribution in [2.24, 2.45) is 5.92 Å². The summed E-state index contributed by atoms with van der Waals surface area (Å²) in [5.74, 6) is -4.96. The number of benzene rings is 1. The van der Waals surface area contributed by atoms with E-state index in [-0.39, 0.29) is 12.3 Å². The smallest absolute Gasteiger partial charge is 0.305 e. The van der Waals surface area contributed by atoms with Crippen molar-refractivity contribution in [1.29, 1.82) is 0 Å². The Bertz CT molecular complexity index is 1350. The van der Waals surface area contributed by atoms with Crippen LogP contribution in [0.25, 0.3) is 10.9 Å². The molecule has 6 N–H and O–H groups in total. The lowest BCUT2D eigenvalue weighted by atomic mass is 10.0. The molecule has 3 heterocycles. The Morgan fingerprint density at radius 3 is 2.34 bits per heavy atom. The highest BCUT2D eigenvalue weighted by Crippen LogP contribution is 2.23. The number of para-hydroxylation sites is 1. The molecule has 5 atom stereocenters. The first kappa shape index (κ1) is 29.6. The number of fused-ring (bicyclic) bond motifs is 2. The number of nitrogens with one attached hydrogen (secondary N) is 5. The van der Waals surface area contributed by atoms with E-state index in [1.165, 1.54) is 11.8 Å². The van der Waals surface area contributed by atoms with Crippen LogP contribution in [0.1, 0.15) is 45.6 Å². The molecule has 0 bridgehead atoms. The summed E-state index contributed by atoms with van der Waals surface area (Å²) in [6, 6.07) is 1.76. The molecule has 1 aromatic heterocycles. The molecule has 2 fully saturated rings. The first-order valence-corrected chi connectivity index (χ1v) is 13.7. The van der Waals surface area contributed by atoms with Crippen molar-refractivity contribution in [2.75, 3.05) is 6.54 Å². The van der Waals surface area contributed by atoms with Gasteiger partial charge in [0, 0.05) is 30.1 Å². The average molecular weight is 569 g/mol. The number of aliphatic carboxylic acids is 1. The zero-order chi connectivity index (χ0) is 29.8. The van der Waals surface area contributed by atoms with Crippen LogP contribution in [-0.2, 0) is 35.2 Å². The fourth-order valence-corrected chi connectivity index (χ4v) is 5.31. The Morgan fingerprint density at radius 1 is 0.951 bits per heavy atom. The molecule has 0 aliphatic carbocycles. The third kappa shape index (κ3) is 6.67. The maximum atomic E-state index is 13.6. The number of amides is 5. The normalized spacial score (nSPS) is 26.5. The molecule has 5 amide bonds. The maximum Gasteiger partial charge on any atom is 0.305 e. The second-order valence-corrected chi connectivity index (χ2v) is 10.9. The molecule has 2 aliphatic rings. The molecular weight excluding hydrogens is 532 g/mol. The van der Waals surface area contributed by atoms with Gasteiger partial charge in [0.15, 0.2) is 0 Å².